The number of hydrogen-bond donors (Lipinski definition) is 1. The quantitative estimate of drug-likeness (QED) is 0.902. The summed E-state index contributed by atoms with van der Waals surface area (Å²) < 4.78 is 40.0. The average molecular weight is 349 g/mol. The minimum absolute atomic E-state index is 0.00506. The Morgan fingerprint density at radius 3 is 2.57 bits per heavy atom. The number of carbonyl (C=O) groups is 1. The van der Waals surface area contributed by atoms with Crippen molar-refractivity contribution in [1.82, 2.24) is 5.01 Å². The van der Waals surface area contributed by atoms with Gasteiger partial charge in [0.1, 0.15) is 0 Å². The van der Waals surface area contributed by atoms with Crippen LogP contribution in [0, 0.1) is 5.92 Å². The predicted molar refractivity (Wildman–Crippen MR) is 80.1 cm³/mol. The standard InChI is InChI=1S/C15H16ClF3N2O2/c1-9(2)7-10-8-14(23,15(17,18)19)21(20-10)13(22)11-5-3-4-6-12(11)16/h3-6,9,23H,7-8H2,1-2H3. The van der Waals surface area contributed by atoms with Crippen LogP contribution >= 0.6 is 11.6 Å². The van der Waals surface area contributed by atoms with Crippen LogP contribution < -0.4 is 0 Å². The molecule has 1 N–H and O–H groups in total. The number of halogens is 4. The number of carbonyl (C=O) groups excluding carboxylic acids is 1. The summed E-state index contributed by atoms with van der Waals surface area (Å²) in [6, 6.07) is 5.70. The molecular weight excluding hydrogens is 333 g/mol. The Labute approximate surface area is 136 Å². The fourth-order valence-electron chi connectivity index (χ4n) is 2.39. The first-order valence-electron chi connectivity index (χ1n) is 7.01. The lowest BCUT2D eigenvalue weighted by molar-refractivity contribution is -0.297. The molecule has 0 radical (unpaired) electrons. The molecule has 126 valence electrons. The van der Waals surface area contributed by atoms with Crippen LogP contribution in [0.4, 0.5) is 13.2 Å². The van der Waals surface area contributed by atoms with Gasteiger partial charge in [-0.05, 0) is 24.5 Å². The number of nitrogens with zero attached hydrogens (tertiary/aromatic N) is 2. The van der Waals surface area contributed by atoms with Crippen LogP contribution in [0.3, 0.4) is 0 Å². The molecule has 1 aromatic carbocycles. The fraction of sp³-hybridized carbons (Fsp3) is 0.467. The molecule has 1 aliphatic rings. The first-order valence-corrected chi connectivity index (χ1v) is 7.38. The summed E-state index contributed by atoms with van der Waals surface area (Å²) in [6.45, 7) is 3.63. The van der Waals surface area contributed by atoms with Gasteiger partial charge in [0.05, 0.1) is 10.6 Å². The normalized spacial score (nSPS) is 21.7. The maximum atomic E-state index is 13.3. The molecule has 0 aliphatic carbocycles. The lowest BCUT2D eigenvalue weighted by Crippen LogP contribution is -2.56. The number of rotatable bonds is 3. The molecule has 23 heavy (non-hydrogen) atoms. The Bertz CT molecular complexity index is 646. The van der Waals surface area contributed by atoms with Gasteiger partial charge in [-0.2, -0.15) is 23.3 Å². The smallest absolute Gasteiger partial charge is 0.362 e. The summed E-state index contributed by atoms with van der Waals surface area (Å²) in [5, 5.41) is 14.0. The van der Waals surface area contributed by atoms with Crippen molar-refractivity contribution in [2.24, 2.45) is 11.0 Å². The summed E-state index contributed by atoms with van der Waals surface area (Å²) in [6.07, 6.45) is -5.54. The summed E-state index contributed by atoms with van der Waals surface area (Å²) in [5.74, 6) is -1.05. The molecule has 1 atom stereocenters. The third kappa shape index (κ3) is 3.35. The largest absolute Gasteiger partial charge is 0.438 e. The van der Waals surface area contributed by atoms with Crippen molar-refractivity contribution in [3.8, 4) is 0 Å². The third-order valence-electron chi connectivity index (χ3n) is 3.44. The van der Waals surface area contributed by atoms with Crippen molar-refractivity contribution >= 4 is 23.2 Å². The Morgan fingerprint density at radius 2 is 2.04 bits per heavy atom. The van der Waals surface area contributed by atoms with Gasteiger partial charge in [-0.15, -0.1) is 0 Å². The second kappa shape index (κ2) is 6.13. The van der Waals surface area contributed by atoms with Crippen LogP contribution in [0.25, 0.3) is 0 Å². The van der Waals surface area contributed by atoms with Crippen molar-refractivity contribution in [2.75, 3.05) is 0 Å². The Hall–Kier alpha value is -1.60. The van der Waals surface area contributed by atoms with Crippen molar-refractivity contribution in [3.05, 3.63) is 34.9 Å². The summed E-state index contributed by atoms with van der Waals surface area (Å²) in [7, 11) is 0. The third-order valence-corrected chi connectivity index (χ3v) is 3.77. The van der Waals surface area contributed by atoms with E-state index in [-0.39, 0.29) is 33.6 Å². The second-order valence-electron chi connectivity index (χ2n) is 5.85. The Balaban J connectivity index is 2.44. The van der Waals surface area contributed by atoms with Crippen molar-refractivity contribution in [1.29, 1.82) is 0 Å². The van der Waals surface area contributed by atoms with Gasteiger partial charge in [0, 0.05) is 12.1 Å². The molecule has 8 heteroatoms. The van der Waals surface area contributed by atoms with Crippen LogP contribution in [0.1, 0.15) is 37.0 Å². The van der Waals surface area contributed by atoms with E-state index in [9.17, 15) is 23.1 Å². The maximum Gasteiger partial charge on any atom is 0.438 e. The topological polar surface area (TPSA) is 52.9 Å². The lowest BCUT2D eigenvalue weighted by atomic mass is 9.99. The molecule has 2 rings (SSSR count). The highest BCUT2D eigenvalue weighted by Gasteiger charge is 2.63. The second-order valence-corrected chi connectivity index (χ2v) is 6.26. The minimum Gasteiger partial charge on any atom is -0.362 e. The summed E-state index contributed by atoms with van der Waals surface area (Å²) >= 11 is 5.87. The van der Waals surface area contributed by atoms with E-state index in [0.29, 0.717) is 0 Å². The van der Waals surface area contributed by atoms with E-state index in [1.165, 1.54) is 18.2 Å². The van der Waals surface area contributed by atoms with Crippen molar-refractivity contribution < 1.29 is 23.1 Å². The number of amides is 1. The van der Waals surface area contributed by atoms with Crippen molar-refractivity contribution in [2.45, 2.75) is 38.6 Å². The SMILES string of the molecule is CC(C)CC1=NN(C(=O)c2ccccc2Cl)C(O)(C(F)(F)F)C1. The first kappa shape index (κ1) is 17.7. The summed E-state index contributed by atoms with van der Waals surface area (Å²) in [5.41, 5.74) is -3.38. The zero-order valence-electron chi connectivity index (χ0n) is 12.6. The highest BCUT2D eigenvalue weighted by molar-refractivity contribution is 6.33. The van der Waals surface area contributed by atoms with Gasteiger partial charge in [-0.25, -0.2) is 0 Å². The zero-order chi connectivity index (χ0) is 17.4. The fourth-order valence-corrected chi connectivity index (χ4v) is 2.60. The number of hydrogen-bond acceptors (Lipinski definition) is 3. The number of alkyl halides is 3. The van der Waals surface area contributed by atoms with E-state index in [1.54, 1.807) is 6.07 Å². The van der Waals surface area contributed by atoms with Crippen LogP contribution in [-0.2, 0) is 0 Å². The van der Waals surface area contributed by atoms with E-state index < -0.39 is 24.2 Å². The van der Waals surface area contributed by atoms with Gasteiger partial charge in [0.25, 0.3) is 11.6 Å². The lowest BCUT2D eigenvalue weighted by Gasteiger charge is -2.32. The Kier molecular flexibility index (Phi) is 4.73. The van der Waals surface area contributed by atoms with E-state index in [0.717, 1.165) is 0 Å². The number of aliphatic hydroxyl groups is 1. The molecular formula is C15H16ClF3N2O2. The molecule has 1 heterocycles. The molecule has 0 saturated carbocycles. The minimum atomic E-state index is -5.04. The molecule has 0 saturated heterocycles. The number of benzene rings is 1. The van der Waals surface area contributed by atoms with Gasteiger partial charge in [0.15, 0.2) is 0 Å². The monoisotopic (exact) mass is 348 g/mol. The van der Waals surface area contributed by atoms with Crippen LogP contribution in [0.2, 0.25) is 5.02 Å². The average Bonchev–Trinajstić information content (AvgIpc) is 2.75. The molecule has 1 aromatic rings. The molecule has 0 fully saturated rings. The van der Waals surface area contributed by atoms with E-state index in [4.69, 9.17) is 11.6 Å². The molecule has 1 amide bonds. The van der Waals surface area contributed by atoms with Crippen LogP contribution in [-0.4, -0.2) is 33.6 Å². The molecule has 0 bridgehead atoms. The predicted octanol–water partition coefficient (Wildman–Crippen LogP) is 3.84. The van der Waals surface area contributed by atoms with Crippen LogP contribution in [0.5, 0.6) is 0 Å². The van der Waals surface area contributed by atoms with Gasteiger partial charge >= 0.3 is 6.18 Å². The van der Waals surface area contributed by atoms with Gasteiger partial charge in [-0.1, -0.05) is 37.6 Å². The van der Waals surface area contributed by atoms with E-state index in [2.05, 4.69) is 5.10 Å². The van der Waals surface area contributed by atoms with Gasteiger partial charge < -0.3 is 5.11 Å². The molecule has 0 spiro atoms. The molecule has 1 aliphatic heterocycles. The van der Waals surface area contributed by atoms with E-state index >= 15 is 0 Å². The number of hydrazone groups is 1. The first-order chi connectivity index (χ1) is 10.6. The van der Waals surface area contributed by atoms with Gasteiger partial charge in [-0.3, -0.25) is 4.79 Å². The highest BCUT2D eigenvalue weighted by Crippen LogP contribution is 2.42. The zero-order valence-corrected chi connectivity index (χ0v) is 13.3. The Morgan fingerprint density at radius 1 is 1.43 bits per heavy atom. The van der Waals surface area contributed by atoms with E-state index in [1.807, 2.05) is 13.8 Å². The van der Waals surface area contributed by atoms with Crippen LogP contribution in [0.15, 0.2) is 29.4 Å². The molecule has 4 nitrogen and oxygen atoms in total. The van der Waals surface area contributed by atoms with Crippen molar-refractivity contribution in [3.63, 3.8) is 0 Å². The highest BCUT2D eigenvalue weighted by atomic mass is 35.5. The molecule has 1 unspecified atom stereocenters. The molecule has 0 aromatic heterocycles. The maximum absolute atomic E-state index is 13.3. The summed E-state index contributed by atoms with van der Waals surface area (Å²) in [4.78, 5) is 12.4. The van der Waals surface area contributed by atoms with Gasteiger partial charge in [0.2, 0.25) is 0 Å².